The van der Waals surface area contributed by atoms with Gasteiger partial charge in [-0.25, -0.2) is 4.79 Å². The molecule has 6 nitrogen and oxygen atoms in total. The topological polar surface area (TPSA) is 75.5 Å². The molecule has 0 saturated heterocycles. The van der Waals surface area contributed by atoms with Crippen molar-refractivity contribution in [3.8, 4) is 0 Å². The zero-order valence-corrected chi connectivity index (χ0v) is 15.0. The fourth-order valence-corrected chi connectivity index (χ4v) is 3.18. The van der Waals surface area contributed by atoms with Crippen LogP contribution in [0.2, 0.25) is 0 Å². The van der Waals surface area contributed by atoms with E-state index in [0.717, 1.165) is 18.4 Å². The first kappa shape index (κ1) is 17.9. The summed E-state index contributed by atoms with van der Waals surface area (Å²) in [7, 11) is 1.71. The normalized spacial score (nSPS) is 15.8. The van der Waals surface area contributed by atoms with Crippen LogP contribution in [-0.2, 0) is 5.41 Å². The molecular weight excluding hydrogens is 330 g/mol. The fourth-order valence-electron chi connectivity index (χ4n) is 3.18. The lowest BCUT2D eigenvalue weighted by molar-refractivity contribution is -0.384. The molecule has 1 N–H and O–H groups in total. The molecule has 2 aromatic rings. The number of carbonyl (C=O) groups is 1. The number of rotatable bonds is 6. The Balaban J connectivity index is 1.63. The first-order chi connectivity index (χ1) is 12.4. The third-order valence-corrected chi connectivity index (χ3v) is 5.28. The number of hydrogen-bond donors (Lipinski definition) is 1. The molecule has 0 radical (unpaired) electrons. The van der Waals surface area contributed by atoms with Crippen molar-refractivity contribution in [2.45, 2.75) is 31.2 Å². The highest BCUT2D eigenvalue weighted by Gasteiger charge is 2.44. The minimum Gasteiger partial charge on any atom is -0.337 e. The van der Waals surface area contributed by atoms with Gasteiger partial charge >= 0.3 is 6.03 Å². The Morgan fingerprint density at radius 1 is 1.23 bits per heavy atom. The van der Waals surface area contributed by atoms with Crippen LogP contribution in [0.15, 0.2) is 54.6 Å². The summed E-state index contributed by atoms with van der Waals surface area (Å²) < 4.78 is 0. The molecule has 6 heteroatoms. The molecule has 26 heavy (non-hydrogen) atoms. The molecule has 136 valence electrons. The van der Waals surface area contributed by atoms with Crippen LogP contribution in [0.5, 0.6) is 0 Å². The van der Waals surface area contributed by atoms with Crippen molar-refractivity contribution in [3.05, 3.63) is 75.8 Å². The maximum absolute atomic E-state index is 12.6. The number of carbonyl (C=O) groups excluding carboxylic acids is 1. The van der Waals surface area contributed by atoms with E-state index in [1.165, 1.54) is 17.7 Å². The Bertz CT molecular complexity index is 803. The number of nitrogens with one attached hydrogen (secondary N) is 1. The average Bonchev–Trinajstić information content (AvgIpc) is 3.47. The number of hydrogen-bond acceptors (Lipinski definition) is 3. The Morgan fingerprint density at radius 2 is 1.92 bits per heavy atom. The molecule has 0 unspecified atom stereocenters. The number of urea groups is 1. The van der Waals surface area contributed by atoms with Gasteiger partial charge in [-0.3, -0.25) is 10.1 Å². The third-order valence-electron chi connectivity index (χ3n) is 5.28. The van der Waals surface area contributed by atoms with Crippen LogP contribution in [0, 0.1) is 10.1 Å². The van der Waals surface area contributed by atoms with Gasteiger partial charge in [-0.1, -0.05) is 42.5 Å². The average molecular weight is 353 g/mol. The van der Waals surface area contributed by atoms with Crippen molar-refractivity contribution < 1.29 is 9.72 Å². The Labute approximate surface area is 153 Å². The van der Waals surface area contributed by atoms with E-state index in [2.05, 4.69) is 17.4 Å². The Hall–Kier alpha value is -2.89. The van der Waals surface area contributed by atoms with Gasteiger partial charge in [0.15, 0.2) is 0 Å². The monoisotopic (exact) mass is 353 g/mol. The van der Waals surface area contributed by atoms with Gasteiger partial charge in [-0.2, -0.15) is 0 Å². The zero-order valence-electron chi connectivity index (χ0n) is 15.0. The van der Waals surface area contributed by atoms with Crippen LogP contribution in [-0.4, -0.2) is 29.4 Å². The third kappa shape index (κ3) is 3.69. The van der Waals surface area contributed by atoms with Gasteiger partial charge in [0.1, 0.15) is 0 Å². The summed E-state index contributed by atoms with van der Waals surface area (Å²) in [6, 6.07) is 16.2. The SMILES string of the molecule is C[C@H](c1cccc([N+](=O)[O-])c1)N(C)C(=O)NCC1(c2ccccc2)CC1. The standard InChI is InChI=1S/C20H23N3O3/c1-15(16-7-6-10-18(13-16)23(25)26)22(2)19(24)21-14-20(11-12-20)17-8-4-3-5-9-17/h3-10,13,15H,11-12,14H2,1-2H3,(H,21,24)/t15-/m1/s1. The molecule has 0 bridgehead atoms. The molecule has 2 aromatic carbocycles. The zero-order chi connectivity index (χ0) is 18.7. The predicted octanol–water partition coefficient (Wildman–Crippen LogP) is 4.03. The van der Waals surface area contributed by atoms with Crippen molar-refractivity contribution in [1.29, 1.82) is 0 Å². The van der Waals surface area contributed by atoms with E-state index in [1.807, 2.05) is 25.1 Å². The molecular formula is C20H23N3O3. The second-order valence-electron chi connectivity index (χ2n) is 6.94. The maximum Gasteiger partial charge on any atom is 0.317 e. The van der Waals surface area contributed by atoms with Gasteiger partial charge in [0, 0.05) is 31.1 Å². The van der Waals surface area contributed by atoms with E-state index in [9.17, 15) is 14.9 Å². The lowest BCUT2D eigenvalue weighted by Crippen LogP contribution is -2.42. The van der Waals surface area contributed by atoms with Gasteiger partial charge in [0.2, 0.25) is 0 Å². The summed E-state index contributed by atoms with van der Waals surface area (Å²) in [5.74, 6) is 0. The molecule has 3 rings (SSSR count). The van der Waals surface area contributed by atoms with E-state index in [1.54, 1.807) is 24.1 Å². The molecule has 1 saturated carbocycles. The predicted molar refractivity (Wildman–Crippen MR) is 100 cm³/mol. The molecule has 2 amide bonds. The lowest BCUT2D eigenvalue weighted by Gasteiger charge is -2.27. The number of nitro benzene ring substituents is 1. The molecule has 1 atom stereocenters. The second kappa shape index (κ2) is 7.15. The summed E-state index contributed by atoms with van der Waals surface area (Å²) in [5, 5.41) is 14.0. The van der Waals surface area contributed by atoms with Crippen molar-refractivity contribution >= 4 is 11.7 Å². The minimum atomic E-state index is -0.424. The van der Waals surface area contributed by atoms with Crippen LogP contribution >= 0.6 is 0 Å². The van der Waals surface area contributed by atoms with E-state index < -0.39 is 4.92 Å². The number of non-ortho nitro benzene ring substituents is 1. The Morgan fingerprint density at radius 3 is 2.54 bits per heavy atom. The molecule has 1 aliphatic carbocycles. The molecule has 0 spiro atoms. The Kier molecular flexibility index (Phi) is 4.93. The van der Waals surface area contributed by atoms with Gasteiger partial charge in [-0.15, -0.1) is 0 Å². The summed E-state index contributed by atoms with van der Waals surface area (Å²) >= 11 is 0. The number of benzene rings is 2. The van der Waals surface area contributed by atoms with Gasteiger partial charge in [-0.05, 0) is 30.9 Å². The van der Waals surface area contributed by atoms with Crippen molar-refractivity contribution in [3.63, 3.8) is 0 Å². The van der Waals surface area contributed by atoms with Gasteiger partial charge < -0.3 is 10.2 Å². The maximum atomic E-state index is 12.6. The minimum absolute atomic E-state index is 0.0316. The number of amides is 2. The largest absolute Gasteiger partial charge is 0.337 e. The quantitative estimate of drug-likeness (QED) is 0.629. The van der Waals surface area contributed by atoms with E-state index in [0.29, 0.717) is 6.54 Å². The molecule has 1 fully saturated rings. The van der Waals surface area contributed by atoms with E-state index >= 15 is 0 Å². The summed E-state index contributed by atoms with van der Waals surface area (Å²) in [6.07, 6.45) is 2.14. The lowest BCUT2D eigenvalue weighted by atomic mass is 9.96. The van der Waals surface area contributed by atoms with E-state index in [-0.39, 0.29) is 23.2 Å². The van der Waals surface area contributed by atoms with Crippen LogP contribution in [0.4, 0.5) is 10.5 Å². The van der Waals surface area contributed by atoms with Crippen LogP contribution < -0.4 is 5.32 Å². The highest BCUT2D eigenvalue weighted by atomic mass is 16.6. The summed E-state index contributed by atoms with van der Waals surface area (Å²) in [6.45, 7) is 2.46. The second-order valence-corrected chi connectivity index (χ2v) is 6.94. The van der Waals surface area contributed by atoms with Crippen LogP contribution in [0.3, 0.4) is 0 Å². The van der Waals surface area contributed by atoms with Crippen LogP contribution in [0.1, 0.15) is 36.9 Å². The smallest absolute Gasteiger partial charge is 0.317 e. The highest BCUT2D eigenvalue weighted by Crippen LogP contribution is 2.47. The van der Waals surface area contributed by atoms with Gasteiger partial charge in [0.05, 0.1) is 11.0 Å². The summed E-state index contributed by atoms with van der Waals surface area (Å²) in [5.41, 5.74) is 2.08. The van der Waals surface area contributed by atoms with Crippen molar-refractivity contribution in [2.75, 3.05) is 13.6 Å². The first-order valence-corrected chi connectivity index (χ1v) is 8.73. The number of nitrogens with zero attached hydrogens (tertiary/aromatic N) is 2. The highest BCUT2D eigenvalue weighted by molar-refractivity contribution is 5.74. The fraction of sp³-hybridized carbons (Fsp3) is 0.350. The number of nitro groups is 1. The molecule has 1 aliphatic rings. The molecule has 0 heterocycles. The molecule has 0 aliphatic heterocycles. The van der Waals surface area contributed by atoms with Crippen molar-refractivity contribution in [1.82, 2.24) is 10.2 Å². The van der Waals surface area contributed by atoms with Crippen LogP contribution in [0.25, 0.3) is 0 Å². The summed E-state index contributed by atoms with van der Waals surface area (Å²) in [4.78, 5) is 24.7. The van der Waals surface area contributed by atoms with E-state index in [4.69, 9.17) is 0 Å². The first-order valence-electron chi connectivity index (χ1n) is 8.73. The molecule has 0 aromatic heterocycles. The van der Waals surface area contributed by atoms with Gasteiger partial charge in [0.25, 0.3) is 5.69 Å². The van der Waals surface area contributed by atoms with Crippen molar-refractivity contribution in [2.24, 2.45) is 0 Å².